The minimum Gasteiger partial charge on any atom is -0.381 e. The molecule has 6 fully saturated rings. The molecular weight excluding hydrogens is 933 g/mol. The van der Waals surface area contributed by atoms with E-state index in [4.69, 9.17) is 4.98 Å². The molecule has 0 aromatic carbocycles. The Bertz CT molecular complexity index is 2370. The summed E-state index contributed by atoms with van der Waals surface area (Å²) in [7, 11) is 0. The molecule has 2 saturated heterocycles. The number of imide groups is 1. The molecule has 10 atom stereocenters. The van der Waals surface area contributed by atoms with E-state index in [9.17, 15) is 43.5 Å². The Balaban J connectivity index is 0.911. The van der Waals surface area contributed by atoms with Crippen LogP contribution in [0, 0.1) is 29.1 Å². The van der Waals surface area contributed by atoms with Crippen molar-refractivity contribution in [1.82, 2.24) is 51.8 Å². The van der Waals surface area contributed by atoms with Crippen LogP contribution in [0.25, 0.3) is 0 Å². The van der Waals surface area contributed by atoms with E-state index in [2.05, 4.69) is 41.9 Å². The van der Waals surface area contributed by atoms with Gasteiger partial charge in [-0.1, -0.05) is 78.7 Å². The lowest BCUT2D eigenvalue weighted by molar-refractivity contribution is -0.146. The van der Waals surface area contributed by atoms with Crippen molar-refractivity contribution in [2.24, 2.45) is 29.1 Å². The van der Waals surface area contributed by atoms with Crippen molar-refractivity contribution >= 4 is 47.3 Å². The van der Waals surface area contributed by atoms with Crippen LogP contribution in [0.2, 0.25) is 0 Å². The quantitative estimate of drug-likeness (QED) is 0.106. The third-order valence-corrected chi connectivity index (χ3v) is 16.2. The summed E-state index contributed by atoms with van der Waals surface area (Å²) in [5.41, 5.74) is 0.993. The van der Waals surface area contributed by atoms with Gasteiger partial charge in [0.1, 0.15) is 35.6 Å². The number of amides is 8. The molecule has 19 nitrogen and oxygen atoms in total. The van der Waals surface area contributed by atoms with Crippen LogP contribution in [0.1, 0.15) is 182 Å². The molecule has 73 heavy (non-hydrogen) atoms. The first kappa shape index (κ1) is 53.4. The molecule has 4 unspecified atom stereocenters. The summed E-state index contributed by atoms with van der Waals surface area (Å²) < 4.78 is 0. The van der Waals surface area contributed by atoms with Crippen LogP contribution < -0.4 is 31.9 Å². The molecule has 396 valence electrons. The van der Waals surface area contributed by atoms with Crippen molar-refractivity contribution in [3.63, 3.8) is 0 Å². The van der Waals surface area contributed by atoms with Gasteiger partial charge in [0.05, 0.1) is 17.9 Å². The number of carbonyl (C=O) groups excluding carboxylic acids is 8. The van der Waals surface area contributed by atoms with Gasteiger partial charge in [0.2, 0.25) is 29.5 Å². The third-order valence-electron chi connectivity index (χ3n) is 16.2. The number of pyridine rings is 1. The molecule has 4 heterocycles. The highest BCUT2D eigenvalue weighted by atomic mass is 16.3. The van der Waals surface area contributed by atoms with Gasteiger partial charge in [-0.15, -0.1) is 0 Å². The molecule has 4 aliphatic carbocycles. The summed E-state index contributed by atoms with van der Waals surface area (Å²) in [6.07, 6.45) is 15.8. The number of rotatable bonds is 18. The Morgan fingerprint density at radius 1 is 0.808 bits per heavy atom. The highest BCUT2D eigenvalue weighted by Crippen LogP contribution is 2.43. The number of hydrogen-bond acceptors (Lipinski definition) is 12. The summed E-state index contributed by atoms with van der Waals surface area (Å²) in [5, 5.41) is 27.9. The Kier molecular flexibility index (Phi) is 17.3. The van der Waals surface area contributed by atoms with Crippen LogP contribution in [0.15, 0.2) is 30.6 Å². The molecule has 7 N–H and O–H groups in total. The zero-order valence-electron chi connectivity index (χ0n) is 43.0. The monoisotopic (exact) mass is 1010 g/mol. The van der Waals surface area contributed by atoms with E-state index >= 15 is 0 Å². The lowest BCUT2D eigenvalue weighted by Crippen LogP contribution is -2.62. The topological polar surface area (TPSA) is 271 Å². The maximum Gasteiger partial charge on any atom is 0.272 e. The maximum absolute atomic E-state index is 15.0. The zero-order valence-corrected chi connectivity index (χ0v) is 43.0. The lowest BCUT2D eigenvalue weighted by Gasteiger charge is -2.38. The minimum absolute atomic E-state index is 0.0459. The predicted molar refractivity (Wildman–Crippen MR) is 268 cm³/mol. The molecule has 8 amide bonds. The first-order valence-electron chi connectivity index (χ1n) is 27.1. The number of carbonyl (C=O) groups is 8. The number of fused-ring (bicyclic) bond motifs is 1. The average Bonchev–Trinajstić information content (AvgIpc) is 3.94. The van der Waals surface area contributed by atoms with Crippen LogP contribution in [-0.4, -0.2) is 121 Å². The standard InChI is InChI=1S/C54H76N10O9/c1-5-12-37(45(66)52(72)58-34-21-22-34)59-51(71)44-36-19-10-17-33(36)29-64(44)53(73)46(54(2,3)4)63-50(70)43(31-14-7-6-8-15-31)62-49(69)41-28-55-40(27-56-41)32-16-9-13-30(25-32)26-35-18-11-20-38(57-35)47(67)60-39-23-24-42(65)61-48(39)68/h11,18,20,27-28,30-34,36-37,39,43-46,66H,5-10,12-17,19,21-26,29H2,1-4H3,(H,58,72)(H,59,71)(H,60,67)(H,62,69)(H,63,70)(H,61,65,68)/t30?,32?,33-,36-,37-,39?,43-,44-,45?,46+/m0/s1. The number of hydrogen-bond donors (Lipinski definition) is 7. The molecule has 0 spiro atoms. The van der Waals surface area contributed by atoms with Crippen molar-refractivity contribution in [3.8, 4) is 0 Å². The SMILES string of the molecule is CCC[C@H](NC(=O)[C@@H]1[C@H]2CCC[C@H]2CN1C(=O)[C@@H](NC(=O)[C@@H](NC(=O)c1cnc(C2CCCC(Cc3cccc(C(=O)NC4CCC(=O)NC4=O)n3)C2)cn1)C1CCCCC1)C(C)(C)C)C(O)C(=O)NC1CC1. The molecule has 4 saturated carbocycles. The van der Waals surface area contributed by atoms with E-state index < -0.39 is 77.2 Å². The van der Waals surface area contributed by atoms with E-state index in [0.717, 1.165) is 101 Å². The summed E-state index contributed by atoms with van der Waals surface area (Å²) in [5.74, 6) is -3.53. The largest absolute Gasteiger partial charge is 0.381 e. The minimum atomic E-state index is -1.43. The fourth-order valence-corrected chi connectivity index (χ4v) is 12.1. The van der Waals surface area contributed by atoms with E-state index in [1.54, 1.807) is 23.2 Å². The summed E-state index contributed by atoms with van der Waals surface area (Å²) in [6, 6.07) is 0.843. The normalized spacial score (nSPS) is 26.1. The van der Waals surface area contributed by atoms with Gasteiger partial charge in [-0.25, -0.2) is 9.97 Å². The van der Waals surface area contributed by atoms with Crippen molar-refractivity contribution < 1.29 is 43.5 Å². The second-order valence-corrected chi connectivity index (χ2v) is 22.8. The smallest absolute Gasteiger partial charge is 0.272 e. The molecule has 0 bridgehead atoms. The molecule has 19 heteroatoms. The highest BCUT2D eigenvalue weighted by molar-refractivity contribution is 6.03. The van der Waals surface area contributed by atoms with Gasteiger partial charge >= 0.3 is 0 Å². The molecule has 2 aromatic heterocycles. The van der Waals surface area contributed by atoms with Gasteiger partial charge in [-0.2, -0.15) is 0 Å². The molecule has 8 rings (SSSR count). The van der Waals surface area contributed by atoms with E-state index in [1.807, 2.05) is 33.8 Å². The van der Waals surface area contributed by atoms with Gasteiger partial charge in [0.25, 0.3) is 17.7 Å². The summed E-state index contributed by atoms with van der Waals surface area (Å²) in [6.45, 7) is 7.89. The van der Waals surface area contributed by atoms with Crippen LogP contribution in [0.4, 0.5) is 0 Å². The first-order chi connectivity index (χ1) is 35.0. The Morgan fingerprint density at radius 3 is 2.27 bits per heavy atom. The molecule has 0 radical (unpaired) electrons. The third kappa shape index (κ3) is 13.3. The molecular formula is C54H76N10O9. The fourth-order valence-electron chi connectivity index (χ4n) is 12.1. The van der Waals surface area contributed by atoms with Gasteiger partial charge in [0, 0.05) is 36.8 Å². The summed E-state index contributed by atoms with van der Waals surface area (Å²) >= 11 is 0. The highest BCUT2D eigenvalue weighted by Gasteiger charge is 2.52. The molecule has 6 aliphatic rings. The number of nitrogens with one attached hydrogen (secondary N) is 6. The van der Waals surface area contributed by atoms with Crippen LogP contribution >= 0.6 is 0 Å². The van der Waals surface area contributed by atoms with E-state index in [1.165, 1.54) is 6.20 Å². The van der Waals surface area contributed by atoms with Crippen LogP contribution in [0.5, 0.6) is 0 Å². The number of aliphatic hydroxyl groups excluding tert-OH is 1. The van der Waals surface area contributed by atoms with E-state index in [0.29, 0.717) is 25.8 Å². The number of piperidine rings is 1. The number of likely N-dealkylation sites (tertiary alicyclic amines) is 1. The summed E-state index contributed by atoms with van der Waals surface area (Å²) in [4.78, 5) is 123. The van der Waals surface area contributed by atoms with Gasteiger partial charge in [0.15, 0.2) is 6.10 Å². The maximum atomic E-state index is 15.0. The van der Waals surface area contributed by atoms with Crippen LogP contribution in [0.3, 0.4) is 0 Å². The number of aromatic nitrogens is 3. The Morgan fingerprint density at radius 2 is 1.58 bits per heavy atom. The van der Waals surface area contributed by atoms with Gasteiger partial charge in [-0.05, 0) is 112 Å². The van der Waals surface area contributed by atoms with Crippen molar-refractivity contribution in [2.75, 3.05) is 6.54 Å². The average molecular weight is 1010 g/mol. The first-order valence-corrected chi connectivity index (χ1v) is 27.1. The lowest BCUT2D eigenvalue weighted by atomic mass is 9.78. The number of aliphatic hydroxyl groups is 1. The number of nitrogens with zero attached hydrogens (tertiary/aromatic N) is 4. The predicted octanol–water partition coefficient (Wildman–Crippen LogP) is 3.68. The second kappa shape index (κ2) is 23.6. The Labute approximate surface area is 428 Å². The van der Waals surface area contributed by atoms with Gasteiger partial charge in [-0.3, -0.25) is 48.7 Å². The fraction of sp³-hybridized carbons (Fsp3) is 0.685. The van der Waals surface area contributed by atoms with Crippen LogP contribution in [-0.2, 0) is 35.2 Å². The van der Waals surface area contributed by atoms with Crippen molar-refractivity contribution in [1.29, 1.82) is 0 Å². The van der Waals surface area contributed by atoms with Gasteiger partial charge < -0.3 is 36.6 Å². The van der Waals surface area contributed by atoms with Crippen molar-refractivity contribution in [2.45, 2.75) is 198 Å². The van der Waals surface area contributed by atoms with Crippen molar-refractivity contribution in [3.05, 3.63) is 53.4 Å². The Hall–Kier alpha value is -5.85. The molecule has 2 aliphatic heterocycles. The van der Waals surface area contributed by atoms with E-state index in [-0.39, 0.29) is 71.7 Å². The zero-order chi connectivity index (χ0) is 52.0. The second-order valence-electron chi connectivity index (χ2n) is 22.8. The molecule has 2 aromatic rings.